The van der Waals surface area contributed by atoms with Gasteiger partial charge in [-0.3, -0.25) is 0 Å². The summed E-state index contributed by atoms with van der Waals surface area (Å²) in [6.07, 6.45) is -0.488. The van der Waals surface area contributed by atoms with Gasteiger partial charge in [-0.25, -0.2) is 0 Å². The second-order valence-electron chi connectivity index (χ2n) is 4.71. The summed E-state index contributed by atoms with van der Waals surface area (Å²) in [4.78, 5) is 2.18. The van der Waals surface area contributed by atoms with Gasteiger partial charge < -0.3 is 5.11 Å². The highest BCUT2D eigenvalue weighted by Gasteiger charge is 2.07. The van der Waals surface area contributed by atoms with Crippen molar-refractivity contribution in [2.75, 3.05) is 0 Å². The number of hydrogen-bond donors (Lipinski definition) is 1. The van der Waals surface area contributed by atoms with Gasteiger partial charge in [0.1, 0.15) is 0 Å². The van der Waals surface area contributed by atoms with Crippen LogP contribution in [0.25, 0.3) is 0 Å². The molecule has 0 aliphatic rings. The molecule has 3 heteroatoms. The molecule has 0 heterocycles. The Morgan fingerprint density at radius 2 is 1.79 bits per heavy atom. The van der Waals surface area contributed by atoms with Crippen molar-refractivity contribution in [2.45, 2.75) is 36.7 Å². The Labute approximate surface area is 123 Å². The molecule has 2 aromatic carbocycles. The lowest BCUT2D eigenvalue weighted by Gasteiger charge is -2.10. The molecule has 1 nitrogen and oxygen atoms in total. The monoisotopic (exact) mass is 292 g/mol. The first kappa shape index (κ1) is 14.4. The highest BCUT2D eigenvalue weighted by Crippen LogP contribution is 2.35. The van der Waals surface area contributed by atoms with Gasteiger partial charge >= 0.3 is 0 Å². The molecule has 1 N–H and O–H groups in total. The Kier molecular flexibility index (Phi) is 4.56. The number of aryl methyl sites for hydroxylation is 2. The van der Waals surface area contributed by atoms with Gasteiger partial charge in [-0.05, 0) is 61.7 Å². The molecule has 0 saturated carbocycles. The Morgan fingerprint density at radius 3 is 2.37 bits per heavy atom. The zero-order chi connectivity index (χ0) is 14.0. The first-order valence-electron chi connectivity index (χ1n) is 6.20. The quantitative estimate of drug-likeness (QED) is 0.843. The molecule has 0 aliphatic heterocycles. The van der Waals surface area contributed by atoms with Crippen molar-refractivity contribution in [1.29, 1.82) is 0 Å². The first-order chi connectivity index (χ1) is 8.97. The number of rotatable bonds is 3. The first-order valence-corrected chi connectivity index (χ1v) is 7.39. The van der Waals surface area contributed by atoms with Gasteiger partial charge in [-0.1, -0.05) is 35.5 Å². The largest absolute Gasteiger partial charge is 0.389 e. The SMILES string of the molecule is Cc1ccc(Sc2ccc([C@@H](C)O)cc2Cl)cc1C. The minimum atomic E-state index is -0.488. The van der Waals surface area contributed by atoms with Gasteiger partial charge in [-0.15, -0.1) is 0 Å². The highest BCUT2D eigenvalue weighted by molar-refractivity contribution is 7.99. The molecule has 19 heavy (non-hydrogen) atoms. The molecule has 0 fully saturated rings. The molecule has 1 atom stereocenters. The van der Waals surface area contributed by atoms with Crippen molar-refractivity contribution in [2.24, 2.45) is 0 Å². The lowest BCUT2D eigenvalue weighted by Crippen LogP contribution is -1.90. The topological polar surface area (TPSA) is 20.2 Å². The van der Waals surface area contributed by atoms with Crippen molar-refractivity contribution in [3.05, 3.63) is 58.1 Å². The second kappa shape index (κ2) is 6.00. The summed E-state index contributed by atoms with van der Waals surface area (Å²) in [5.74, 6) is 0. The van der Waals surface area contributed by atoms with Crippen LogP contribution in [0.15, 0.2) is 46.2 Å². The Bertz CT molecular complexity index is 593. The van der Waals surface area contributed by atoms with Gasteiger partial charge in [0, 0.05) is 9.79 Å². The summed E-state index contributed by atoms with van der Waals surface area (Å²) in [7, 11) is 0. The normalized spacial score (nSPS) is 12.5. The molecule has 0 saturated heterocycles. The van der Waals surface area contributed by atoms with E-state index in [-0.39, 0.29) is 0 Å². The number of halogens is 1. The Hall–Kier alpha value is -0.960. The van der Waals surface area contributed by atoms with Gasteiger partial charge in [0.25, 0.3) is 0 Å². The van der Waals surface area contributed by atoms with Gasteiger partial charge in [0.2, 0.25) is 0 Å². The molecule has 0 bridgehead atoms. The van der Waals surface area contributed by atoms with Crippen LogP contribution in [0.4, 0.5) is 0 Å². The van der Waals surface area contributed by atoms with Crippen LogP contribution in [0.1, 0.15) is 29.7 Å². The van der Waals surface area contributed by atoms with Crippen LogP contribution in [0.2, 0.25) is 5.02 Å². The molecule has 0 unspecified atom stereocenters. The molecule has 0 aliphatic carbocycles. The summed E-state index contributed by atoms with van der Waals surface area (Å²) in [6, 6.07) is 12.1. The molecule has 2 rings (SSSR count). The minimum absolute atomic E-state index is 0.488. The van der Waals surface area contributed by atoms with Crippen LogP contribution in [0.3, 0.4) is 0 Å². The van der Waals surface area contributed by atoms with Crippen LogP contribution in [-0.4, -0.2) is 5.11 Å². The summed E-state index contributed by atoms with van der Waals surface area (Å²) >= 11 is 7.91. The third-order valence-electron chi connectivity index (χ3n) is 3.14. The van der Waals surface area contributed by atoms with E-state index in [9.17, 15) is 5.11 Å². The van der Waals surface area contributed by atoms with E-state index >= 15 is 0 Å². The van der Waals surface area contributed by atoms with Crippen LogP contribution < -0.4 is 0 Å². The average molecular weight is 293 g/mol. The standard InChI is InChI=1S/C16H17ClOS/c1-10-4-6-14(8-11(10)2)19-16-7-5-13(12(3)18)9-15(16)17/h4-9,12,18H,1-3H3/t12-/m1/s1. The molecule has 2 aromatic rings. The summed E-state index contributed by atoms with van der Waals surface area (Å²) < 4.78 is 0. The van der Waals surface area contributed by atoms with Crippen molar-refractivity contribution in [1.82, 2.24) is 0 Å². The van der Waals surface area contributed by atoms with Crippen molar-refractivity contribution in [3.8, 4) is 0 Å². The fourth-order valence-corrected chi connectivity index (χ4v) is 2.99. The third kappa shape index (κ3) is 3.53. The van der Waals surface area contributed by atoms with Crippen LogP contribution in [0.5, 0.6) is 0 Å². The predicted molar refractivity (Wildman–Crippen MR) is 82.1 cm³/mol. The summed E-state index contributed by atoms with van der Waals surface area (Å²) in [5.41, 5.74) is 3.41. The van der Waals surface area contributed by atoms with E-state index in [2.05, 4.69) is 32.0 Å². The highest BCUT2D eigenvalue weighted by atomic mass is 35.5. The van der Waals surface area contributed by atoms with Crippen molar-refractivity contribution < 1.29 is 5.11 Å². The molecule has 0 spiro atoms. The summed E-state index contributed by atoms with van der Waals surface area (Å²) in [5, 5.41) is 10.2. The van der Waals surface area contributed by atoms with E-state index in [1.165, 1.54) is 16.0 Å². The molecule has 0 radical (unpaired) electrons. The molecule has 0 aromatic heterocycles. The zero-order valence-electron chi connectivity index (χ0n) is 11.3. The molecular formula is C16H17ClOS. The summed E-state index contributed by atoms with van der Waals surface area (Å²) in [6.45, 7) is 5.95. The van der Waals surface area contributed by atoms with Gasteiger partial charge in [-0.2, -0.15) is 0 Å². The Balaban J connectivity index is 2.25. The second-order valence-corrected chi connectivity index (χ2v) is 6.24. The smallest absolute Gasteiger partial charge is 0.0762 e. The maximum Gasteiger partial charge on any atom is 0.0762 e. The fourth-order valence-electron chi connectivity index (χ4n) is 1.76. The molecule has 0 amide bonds. The van der Waals surface area contributed by atoms with E-state index in [0.29, 0.717) is 5.02 Å². The molecular weight excluding hydrogens is 276 g/mol. The minimum Gasteiger partial charge on any atom is -0.389 e. The molecule has 100 valence electrons. The van der Waals surface area contributed by atoms with Crippen LogP contribution in [-0.2, 0) is 0 Å². The number of aliphatic hydroxyl groups excluding tert-OH is 1. The van der Waals surface area contributed by atoms with Crippen molar-refractivity contribution >= 4 is 23.4 Å². The van der Waals surface area contributed by atoms with Gasteiger partial charge in [0.15, 0.2) is 0 Å². The maximum absolute atomic E-state index is 9.53. The third-order valence-corrected chi connectivity index (χ3v) is 4.63. The van der Waals surface area contributed by atoms with E-state index < -0.39 is 6.10 Å². The lowest BCUT2D eigenvalue weighted by atomic mass is 10.1. The maximum atomic E-state index is 9.53. The lowest BCUT2D eigenvalue weighted by molar-refractivity contribution is 0.199. The van der Waals surface area contributed by atoms with Crippen molar-refractivity contribution in [3.63, 3.8) is 0 Å². The van der Waals surface area contributed by atoms with E-state index in [0.717, 1.165) is 10.5 Å². The van der Waals surface area contributed by atoms with Gasteiger partial charge in [0.05, 0.1) is 11.1 Å². The number of hydrogen-bond acceptors (Lipinski definition) is 2. The van der Waals surface area contributed by atoms with Crippen LogP contribution >= 0.6 is 23.4 Å². The number of aliphatic hydroxyl groups is 1. The average Bonchev–Trinajstić information content (AvgIpc) is 2.36. The zero-order valence-corrected chi connectivity index (χ0v) is 12.8. The predicted octanol–water partition coefficient (Wildman–Crippen LogP) is 5.16. The van der Waals surface area contributed by atoms with E-state index in [4.69, 9.17) is 11.6 Å². The fraction of sp³-hybridized carbons (Fsp3) is 0.250. The van der Waals surface area contributed by atoms with Crippen LogP contribution in [0, 0.1) is 13.8 Å². The van der Waals surface area contributed by atoms with E-state index in [1.54, 1.807) is 18.7 Å². The van der Waals surface area contributed by atoms with E-state index in [1.807, 2.05) is 18.2 Å². The number of benzene rings is 2. The Morgan fingerprint density at radius 1 is 1.05 bits per heavy atom.